The van der Waals surface area contributed by atoms with E-state index in [0.717, 1.165) is 25.7 Å². The Labute approximate surface area is 105 Å². The molecule has 2 unspecified atom stereocenters. The molecule has 4 nitrogen and oxygen atoms in total. The zero-order valence-electron chi connectivity index (χ0n) is 11.0. The number of likely N-dealkylation sites (tertiary alicyclic amines) is 1. The summed E-state index contributed by atoms with van der Waals surface area (Å²) in [5.41, 5.74) is 0. The summed E-state index contributed by atoms with van der Waals surface area (Å²) in [7, 11) is 2.24. The predicted octanol–water partition coefficient (Wildman–Crippen LogP) is 0.554. The van der Waals surface area contributed by atoms with E-state index in [2.05, 4.69) is 16.8 Å². The first-order valence-electron chi connectivity index (χ1n) is 6.94. The summed E-state index contributed by atoms with van der Waals surface area (Å²) in [5.74, 6) is 0. The Bertz CT molecular complexity index is 225. The topological polar surface area (TPSA) is 35.9 Å². The third kappa shape index (κ3) is 3.65. The highest BCUT2D eigenvalue weighted by molar-refractivity contribution is 4.79. The van der Waals surface area contributed by atoms with Gasteiger partial charge in [-0.1, -0.05) is 6.42 Å². The third-order valence-corrected chi connectivity index (χ3v) is 4.23. The molecule has 0 spiro atoms. The molecule has 1 N–H and O–H groups in total. The number of aliphatic hydroxyl groups is 1. The van der Waals surface area contributed by atoms with Crippen molar-refractivity contribution < 1.29 is 9.84 Å². The molecule has 2 saturated heterocycles. The minimum atomic E-state index is 0.220. The molecule has 100 valence electrons. The fourth-order valence-electron chi connectivity index (χ4n) is 2.98. The summed E-state index contributed by atoms with van der Waals surface area (Å²) in [6, 6.07) is 0.962. The number of hydrogen-bond donors (Lipinski definition) is 1. The second-order valence-corrected chi connectivity index (χ2v) is 5.37. The largest absolute Gasteiger partial charge is 0.395 e. The highest BCUT2D eigenvalue weighted by Crippen LogP contribution is 2.19. The van der Waals surface area contributed by atoms with Crippen LogP contribution in [-0.4, -0.2) is 73.5 Å². The van der Waals surface area contributed by atoms with Crippen LogP contribution >= 0.6 is 0 Å². The molecular weight excluding hydrogens is 216 g/mol. The Morgan fingerprint density at radius 1 is 1.24 bits per heavy atom. The monoisotopic (exact) mass is 242 g/mol. The van der Waals surface area contributed by atoms with E-state index >= 15 is 0 Å². The van der Waals surface area contributed by atoms with Crippen molar-refractivity contribution in [2.24, 2.45) is 0 Å². The van der Waals surface area contributed by atoms with E-state index in [4.69, 9.17) is 4.74 Å². The highest BCUT2D eigenvalue weighted by Gasteiger charge is 2.24. The molecule has 2 aliphatic heterocycles. The van der Waals surface area contributed by atoms with Crippen LogP contribution in [-0.2, 0) is 4.74 Å². The van der Waals surface area contributed by atoms with E-state index in [1.165, 1.54) is 32.2 Å². The molecule has 0 amide bonds. The van der Waals surface area contributed by atoms with Gasteiger partial charge >= 0.3 is 0 Å². The number of piperidine rings is 1. The fraction of sp³-hybridized carbons (Fsp3) is 1.00. The van der Waals surface area contributed by atoms with Crippen molar-refractivity contribution in [3.63, 3.8) is 0 Å². The van der Waals surface area contributed by atoms with Gasteiger partial charge in [0.05, 0.1) is 25.9 Å². The van der Waals surface area contributed by atoms with Crippen molar-refractivity contribution in [2.75, 3.05) is 46.5 Å². The van der Waals surface area contributed by atoms with Crippen LogP contribution in [0.15, 0.2) is 0 Å². The number of hydrogen-bond acceptors (Lipinski definition) is 4. The maximum absolute atomic E-state index is 9.32. The molecule has 2 heterocycles. The maximum Gasteiger partial charge on any atom is 0.0644 e. The molecule has 0 bridgehead atoms. The van der Waals surface area contributed by atoms with Gasteiger partial charge in [0, 0.05) is 19.1 Å². The summed E-state index contributed by atoms with van der Waals surface area (Å²) < 4.78 is 5.40. The summed E-state index contributed by atoms with van der Waals surface area (Å²) in [6.45, 7) is 5.05. The minimum absolute atomic E-state index is 0.220. The number of morpholine rings is 1. The van der Waals surface area contributed by atoms with Crippen LogP contribution in [0.25, 0.3) is 0 Å². The summed E-state index contributed by atoms with van der Waals surface area (Å²) in [4.78, 5) is 4.89. The Morgan fingerprint density at radius 2 is 2.12 bits per heavy atom. The lowest BCUT2D eigenvalue weighted by Crippen LogP contribution is -2.49. The first-order chi connectivity index (χ1) is 8.31. The summed E-state index contributed by atoms with van der Waals surface area (Å²) in [5, 5.41) is 9.32. The lowest BCUT2D eigenvalue weighted by atomic mass is 9.99. The molecule has 0 aromatic carbocycles. The molecule has 0 aliphatic carbocycles. The molecule has 2 rings (SSSR count). The molecular formula is C13H26N2O2. The van der Waals surface area contributed by atoms with Gasteiger partial charge in [-0.3, -0.25) is 4.90 Å². The van der Waals surface area contributed by atoms with Crippen molar-refractivity contribution in [1.29, 1.82) is 0 Å². The Kier molecular flexibility index (Phi) is 5.22. The first kappa shape index (κ1) is 13.3. The van der Waals surface area contributed by atoms with Crippen LogP contribution in [0, 0.1) is 0 Å². The van der Waals surface area contributed by atoms with Crippen molar-refractivity contribution in [1.82, 2.24) is 9.80 Å². The minimum Gasteiger partial charge on any atom is -0.395 e. The highest BCUT2D eigenvalue weighted by atomic mass is 16.5. The van der Waals surface area contributed by atoms with Gasteiger partial charge in [0.25, 0.3) is 0 Å². The fourth-order valence-corrected chi connectivity index (χ4v) is 2.98. The summed E-state index contributed by atoms with van der Waals surface area (Å²) in [6.07, 6.45) is 5.29. The molecule has 2 atom stereocenters. The van der Waals surface area contributed by atoms with Crippen LogP contribution in [0.4, 0.5) is 0 Å². The van der Waals surface area contributed by atoms with Crippen LogP contribution < -0.4 is 0 Å². The van der Waals surface area contributed by atoms with E-state index in [1.807, 2.05) is 0 Å². The molecule has 0 aromatic rings. The average Bonchev–Trinajstić information content (AvgIpc) is 2.38. The van der Waals surface area contributed by atoms with Crippen LogP contribution in [0.2, 0.25) is 0 Å². The van der Waals surface area contributed by atoms with Crippen molar-refractivity contribution in [3.8, 4) is 0 Å². The maximum atomic E-state index is 9.32. The van der Waals surface area contributed by atoms with E-state index in [1.54, 1.807) is 0 Å². The average molecular weight is 242 g/mol. The third-order valence-electron chi connectivity index (χ3n) is 4.23. The molecule has 2 aliphatic rings. The summed E-state index contributed by atoms with van der Waals surface area (Å²) >= 11 is 0. The van der Waals surface area contributed by atoms with Gasteiger partial charge < -0.3 is 14.7 Å². The molecule has 0 radical (unpaired) electrons. The number of aliphatic hydroxyl groups excluding tert-OH is 1. The van der Waals surface area contributed by atoms with E-state index in [9.17, 15) is 5.11 Å². The van der Waals surface area contributed by atoms with Gasteiger partial charge in [0.2, 0.25) is 0 Å². The van der Waals surface area contributed by atoms with Gasteiger partial charge in [-0.2, -0.15) is 0 Å². The van der Waals surface area contributed by atoms with Crippen molar-refractivity contribution >= 4 is 0 Å². The lowest BCUT2D eigenvalue weighted by molar-refractivity contribution is -0.0307. The normalized spacial score (nSPS) is 32.8. The Morgan fingerprint density at radius 3 is 2.88 bits per heavy atom. The van der Waals surface area contributed by atoms with Crippen molar-refractivity contribution in [2.45, 2.75) is 37.8 Å². The second-order valence-electron chi connectivity index (χ2n) is 5.37. The number of nitrogens with zero attached hydrogens (tertiary/aromatic N) is 2. The molecule has 4 heteroatoms. The van der Waals surface area contributed by atoms with E-state index in [0.29, 0.717) is 6.61 Å². The SMILES string of the molecule is CN1CCCCC1CCN1CCOCC1CO. The molecule has 2 fully saturated rings. The van der Waals surface area contributed by atoms with Gasteiger partial charge in [-0.05, 0) is 32.9 Å². The zero-order valence-corrected chi connectivity index (χ0v) is 11.0. The van der Waals surface area contributed by atoms with Crippen molar-refractivity contribution in [3.05, 3.63) is 0 Å². The smallest absolute Gasteiger partial charge is 0.0644 e. The quantitative estimate of drug-likeness (QED) is 0.781. The number of rotatable bonds is 4. The first-order valence-corrected chi connectivity index (χ1v) is 6.94. The van der Waals surface area contributed by atoms with Gasteiger partial charge in [0.15, 0.2) is 0 Å². The van der Waals surface area contributed by atoms with E-state index in [-0.39, 0.29) is 12.6 Å². The molecule has 0 saturated carbocycles. The molecule has 0 aromatic heterocycles. The van der Waals surface area contributed by atoms with Gasteiger partial charge in [-0.25, -0.2) is 0 Å². The zero-order chi connectivity index (χ0) is 12.1. The van der Waals surface area contributed by atoms with E-state index < -0.39 is 0 Å². The Balaban J connectivity index is 1.75. The number of ether oxygens (including phenoxy) is 1. The van der Waals surface area contributed by atoms with Gasteiger partial charge in [0.1, 0.15) is 0 Å². The lowest BCUT2D eigenvalue weighted by Gasteiger charge is -2.38. The van der Waals surface area contributed by atoms with Crippen LogP contribution in [0.3, 0.4) is 0 Å². The predicted molar refractivity (Wildman–Crippen MR) is 68.2 cm³/mol. The van der Waals surface area contributed by atoms with Crippen LogP contribution in [0.5, 0.6) is 0 Å². The molecule has 17 heavy (non-hydrogen) atoms. The second kappa shape index (κ2) is 6.69. The van der Waals surface area contributed by atoms with Gasteiger partial charge in [-0.15, -0.1) is 0 Å². The standard InChI is InChI=1S/C13H26N2O2/c1-14-6-3-2-4-12(14)5-7-15-8-9-17-11-13(15)10-16/h12-13,16H,2-11H2,1H3. The van der Waals surface area contributed by atoms with Crippen LogP contribution in [0.1, 0.15) is 25.7 Å². The Hall–Kier alpha value is -0.160.